The van der Waals surface area contributed by atoms with Crippen molar-refractivity contribution in [3.05, 3.63) is 50.4 Å². The van der Waals surface area contributed by atoms with E-state index in [4.69, 9.17) is 4.74 Å². The maximum atomic E-state index is 12.4. The number of ether oxygens (including phenoxy) is 1. The molecule has 0 unspecified atom stereocenters. The molecule has 0 fully saturated rings. The summed E-state index contributed by atoms with van der Waals surface area (Å²) >= 11 is 1.43. The van der Waals surface area contributed by atoms with Crippen LogP contribution in [-0.2, 0) is 0 Å². The van der Waals surface area contributed by atoms with E-state index in [9.17, 15) is 15.2 Å². The van der Waals surface area contributed by atoms with Crippen molar-refractivity contribution >= 4 is 33.2 Å². The van der Waals surface area contributed by atoms with E-state index in [1.165, 1.54) is 17.4 Å². The number of H-pyrrole nitrogens is 1. The van der Waals surface area contributed by atoms with Crippen LogP contribution in [0.5, 0.6) is 11.5 Å². The van der Waals surface area contributed by atoms with E-state index in [-0.39, 0.29) is 22.7 Å². The molecule has 0 aliphatic rings. The van der Waals surface area contributed by atoms with Gasteiger partial charge in [0.25, 0.3) is 5.56 Å². The Labute approximate surface area is 154 Å². The van der Waals surface area contributed by atoms with Crippen LogP contribution < -0.4 is 10.3 Å². The number of nitrogens with zero attached hydrogens (tertiary/aromatic N) is 2. The first kappa shape index (κ1) is 17.7. The lowest BCUT2D eigenvalue weighted by atomic mass is 10.1. The normalized spacial score (nSPS) is 11.5. The molecule has 0 saturated carbocycles. The van der Waals surface area contributed by atoms with Crippen LogP contribution >= 0.6 is 11.3 Å². The number of nitriles is 1. The standard InChI is InChI=1S/C19H17N3O3S/c1-4-25-15-8-12(5-6-14(15)23)7-13(9-20)17-21-18(24)16-10(2)11(3)26-19(16)22-17/h5-8,23H,4H2,1-3H3,(H,21,22,24)/b13-7+. The molecule has 3 aromatic rings. The maximum absolute atomic E-state index is 12.4. The molecule has 7 heteroatoms. The zero-order valence-corrected chi connectivity index (χ0v) is 15.4. The van der Waals surface area contributed by atoms with Crippen LogP contribution in [0.4, 0.5) is 0 Å². The number of benzene rings is 1. The number of aryl methyl sites for hydroxylation is 2. The SMILES string of the molecule is CCOc1cc(/C=C(\C#N)c2nc3sc(C)c(C)c3c(=O)[nH]2)ccc1O. The molecular weight excluding hydrogens is 350 g/mol. The van der Waals surface area contributed by atoms with Gasteiger partial charge in [-0.1, -0.05) is 6.07 Å². The Bertz CT molecular complexity index is 1120. The molecule has 0 aliphatic heterocycles. The van der Waals surface area contributed by atoms with Crippen LogP contribution in [0.3, 0.4) is 0 Å². The Balaban J connectivity index is 2.11. The average molecular weight is 367 g/mol. The maximum Gasteiger partial charge on any atom is 0.260 e. The molecule has 2 aromatic heterocycles. The number of aromatic nitrogens is 2. The fraction of sp³-hybridized carbons (Fsp3) is 0.211. The van der Waals surface area contributed by atoms with Crippen molar-refractivity contribution in [2.24, 2.45) is 0 Å². The van der Waals surface area contributed by atoms with Crippen LogP contribution in [-0.4, -0.2) is 21.7 Å². The number of aromatic hydroxyl groups is 1. The van der Waals surface area contributed by atoms with E-state index in [1.54, 1.807) is 18.2 Å². The number of aromatic amines is 1. The number of hydrogen-bond donors (Lipinski definition) is 2. The molecule has 1 aromatic carbocycles. The Hall–Kier alpha value is -3.11. The van der Waals surface area contributed by atoms with Crippen molar-refractivity contribution in [2.45, 2.75) is 20.8 Å². The van der Waals surface area contributed by atoms with Crippen LogP contribution in [0, 0.1) is 25.2 Å². The van der Waals surface area contributed by atoms with E-state index in [2.05, 4.69) is 16.0 Å². The van der Waals surface area contributed by atoms with Gasteiger partial charge >= 0.3 is 0 Å². The molecule has 2 N–H and O–H groups in total. The second-order valence-corrected chi connectivity index (χ2v) is 6.91. The Kier molecular flexibility index (Phi) is 4.78. The summed E-state index contributed by atoms with van der Waals surface area (Å²) in [6, 6.07) is 6.86. The summed E-state index contributed by atoms with van der Waals surface area (Å²) in [5, 5.41) is 19.9. The van der Waals surface area contributed by atoms with Crippen LogP contribution in [0.25, 0.3) is 21.9 Å². The Morgan fingerprint density at radius 3 is 2.92 bits per heavy atom. The van der Waals surface area contributed by atoms with Gasteiger partial charge in [0.05, 0.1) is 17.6 Å². The zero-order chi connectivity index (χ0) is 18.8. The average Bonchev–Trinajstić information content (AvgIpc) is 2.90. The van der Waals surface area contributed by atoms with Crippen molar-refractivity contribution in [3.63, 3.8) is 0 Å². The highest BCUT2D eigenvalue weighted by atomic mass is 32.1. The van der Waals surface area contributed by atoms with Gasteiger partial charge in [0.15, 0.2) is 17.3 Å². The second kappa shape index (κ2) is 7.02. The third kappa shape index (κ3) is 3.19. The lowest BCUT2D eigenvalue weighted by Crippen LogP contribution is -2.10. The topological polar surface area (TPSA) is 99.0 Å². The van der Waals surface area contributed by atoms with Gasteiger partial charge in [-0.25, -0.2) is 4.98 Å². The number of fused-ring (bicyclic) bond motifs is 1. The highest BCUT2D eigenvalue weighted by Gasteiger charge is 2.14. The van der Waals surface area contributed by atoms with Gasteiger partial charge in [-0.05, 0) is 50.1 Å². The molecule has 0 amide bonds. The van der Waals surface area contributed by atoms with Gasteiger partial charge in [-0.3, -0.25) is 4.79 Å². The molecule has 3 rings (SSSR count). The minimum Gasteiger partial charge on any atom is -0.504 e. The van der Waals surface area contributed by atoms with Crippen molar-refractivity contribution in [1.29, 1.82) is 5.26 Å². The lowest BCUT2D eigenvalue weighted by Gasteiger charge is -2.06. The molecule has 2 heterocycles. The summed E-state index contributed by atoms with van der Waals surface area (Å²) in [5.41, 5.74) is 1.53. The van der Waals surface area contributed by atoms with E-state index >= 15 is 0 Å². The summed E-state index contributed by atoms with van der Waals surface area (Å²) in [6.07, 6.45) is 1.60. The summed E-state index contributed by atoms with van der Waals surface area (Å²) in [6.45, 7) is 6.05. The molecule has 26 heavy (non-hydrogen) atoms. The lowest BCUT2D eigenvalue weighted by molar-refractivity contribution is 0.318. The van der Waals surface area contributed by atoms with Gasteiger partial charge in [-0.2, -0.15) is 5.26 Å². The fourth-order valence-corrected chi connectivity index (χ4v) is 3.62. The molecule has 0 saturated heterocycles. The molecule has 0 radical (unpaired) electrons. The molecule has 0 atom stereocenters. The predicted molar refractivity (Wildman–Crippen MR) is 102 cm³/mol. The van der Waals surface area contributed by atoms with Crippen LogP contribution in [0.15, 0.2) is 23.0 Å². The van der Waals surface area contributed by atoms with Gasteiger partial charge < -0.3 is 14.8 Å². The number of thiophene rings is 1. The minimum atomic E-state index is -0.256. The molecule has 132 valence electrons. The number of rotatable bonds is 4. The van der Waals surface area contributed by atoms with E-state index < -0.39 is 0 Å². The smallest absolute Gasteiger partial charge is 0.260 e. The summed E-state index contributed by atoms with van der Waals surface area (Å²) in [7, 11) is 0. The third-order valence-corrected chi connectivity index (χ3v) is 5.11. The van der Waals surface area contributed by atoms with Gasteiger partial charge in [0.2, 0.25) is 0 Å². The van der Waals surface area contributed by atoms with Crippen molar-refractivity contribution < 1.29 is 9.84 Å². The highest BCUT2D eigenvalue weighted by Crippen LogP contribution is 2.29. The van der Waals surface area contributed by atoms with Gasteiger partial charge in [-0.15, -0.1) is 11.3 Å². The molecular formula is C19H17N3O3S. The van der Waals surface area contributed by atoms with E-state index in [1.807, 2.05) is 20.8 Å². The number of hydrogen-bond acceptors (Lipinski definition) is 6. The van der Waals surface area contributed by atoms with E-state index in [0.717, 1.165) is 10.4 Å². The summed E-state index contributed by atoms with van der Waals surface area (Å²) in [4.78, 5) is 21.2. The molecule has 0 aliphatic carbocycles. The van der Waals surface area contributed by atoms with Crippen LogP contribution in [0.2, 0.25) is 0 Å². The molecule has 0 spiro atoms. The second-order valence-electron chi connectivity index (χ2n) is 5.71. The predicted octanol–water partition coefficient (Wildman–Crippen LogP) is 3.77. The number of phenols is 1. The van der Waals surface area contributed by atoms with E-state index in [0.29, 0.717) is 28.1 Å². The highest BCUT2D eigenvalue weighted by molar-refractivity contribution is 7.18. The molecule has 0 bridgehead atoms. The monoisotopic (exact) mass is 367 g/mol. The number of phenolic OH excluding ortho intramolecular Hbond substituents is 1. The van der Waals surface area contributed by atoms with Crippen molar-refractivity contribution in [2.75, 3.05) is 6.61 Å². The fourth-order valence-electron chi connectivity index (χ4n) is 2.59. The number of nitrogens with one attached hydrogen (secondary N) is 1. The number of allylic oxidation sites excluding steroid dienone is 1. The quantitative estimate of drug-likeness (QED) is 0.684. The first-order valence-electron chi connectivity index (χ1n) is 8.02. The third-order valence-electron chi connectivity index (χ3n) is 4.01. The first-order chi connectivity index (χ1) is 12.4. The Morgan fingerprint density at radius 1 is 1.46 bits per heavy atom. The molecule has 6 nitrogen and oxygen atoms in total. The van der Waals surface area contributed by atoms with Crippen molar-refractivity contribution in [1.82, 2.24) is 9.97 Å². The van der Waals surface area contributed by atoms with Gasteiger partial charge in [0, 0.05) is 4.88 Å². The summed E-state index contributed by atoms with van der Waals surface area (Å²) < 4.78 is 5.36. The first-order valence-corrected chi connectivity index (χ1v) is 8.84. The zero-order valence-electron chi connectivity index (χ0n) is 14.6. The van der Waals surface area contributed by atoms with Gasteiger partial charge in [0.1, 0.15) is 10.9 Å². The largest absolute Gasteiger partial charge is 0.504 e. The Morgan fingerprint density at radius 2 is 2.23 bits per heavy atom. The summed E-state index contributed by atoms with van der Waals surface area (Å²) in [5.74, 6) is 0.581. The van der Waals surface area contributed by atoms with Crippen molar-refractivity contribution in [3.8, 4) is 17.6 Å². The van der Waals surface area contributed by atoms with Crippen LogP contribution in [0.1, 0.15) is 28.8 Å². The minimum absolute atomic E-state index is 0.0278.